The van der Waals surface area contributed by atoms with Crippen LogP contribution >= 0.6 is 11.6 Å². The normalized spacial score (nSPS) is 12.5. The molecule has 0 radical (unpaired) electrons. The standard InChI is InChI=1S/C10H11ClO6/c1-3-4-16-9(14)6(2)17-10(15)7(11)5-8(12)13/h3,5-6H,1,4H2,2H3,(H,12,13)/b7-5-/t6-/m0/s1. The first-order valence-corrected chi connectivity index (χ1v) is 4.85. The molecule has 0 spiro atoms. The highest BCUT2D eigenvalue weighted by atomic mass is 35.5. The minimum absolute atomic E-state index is 0.0145. The lowest BCUT2D eigenvalue weighted by molar-refractivity contribution is -0.163. The molecule has 0 heterocycles. The van der Waals surface area contributed by atoms with Crippen LogP contribution in [0.25, 0.3) is 0 Å². The van der Waals surface area contributed by atoms with Crippen LogP contribution in [0.3, 0.4) is 0 Å². The van der Waals surface area contributed by atoms with E-state index in [-0.39, 0.29) is 6.61 Å². The van der Waals surface area contributed by atoms with Crippen LogP contribution in [-0.4, -0.2) is 35.7 Å². The van der Waals surface area contributed by atoms with Crippen LogP contribution in [0.15, 0.2) is 23.8 Å². The molecule has 0 amide bonds. The summed E-state index contributed by atoms with van der Waals surface area (Å²) in [6, 6.07) is 0. The lowest BCUT2D eigenvalue weighted by Gasteiger charge is -2.11. The maximum Gasteiger partial charge on any atom is 0.350 e. The van der Waals surface area contributed by atoms with Gasteiger partial charge < -0.3 is 14.6 Å². The third kappa shape index (κ3) is 6.36. The number of halogens is 1. The van der Waals surface area contributed by atoms with Gasteiger partial charge in [-0.15, -0.1) is 0 Å². The zero-order valence-corrected chi connectivity index (χ0v) is 9.77. The van der Waals surface area contributed by atoms with Crippen molar-refractivity contribution in [2.45, 2.75) is 13.0 Å². The first-order valence-electron chi connectivity index (χ1n) is 4.47. The molecule has 0 aromatic carbocycles. The van der Waals surface area contributed by atoms with Gasteiger partial charge in [-0.3, -0.25) is 0 Å². The van der Waals surface area contributed by atoms with Crippen LogP contribution in [0.2, 0.25) is 0 Å². The minimum Gasteiger partial charge on any atom is -0.478 e. The molecule has 94 valence electrons. The number of carboxylic acids is 1. The predicted molar refractivity (Wildman–Crippen MR) is 58.3 cm³/mol. The molecular formula is C10H11ClO6. The molecule has 0 aromatic rings. The minimum atomic E-state index is -1.39. The second kappa shape index (κ2) is 7.45. The Morgan fingerprint density at radius 1 is 1.47 bits per heavy atom. The van der Waals surface area contributed by atoms with Gasteiger partial charge in [0.25, 0.3) is 0 Å². The van der Waals surface area contributed by atoms with Crippen LogP contribution in [0.1, 0.15) is 6.92 Å². The van der Waals surface area contributed by atoms with Gasteiger partial charge in [-0.1, -0.05) is 24.3 Å². The zero-order chi connectivity index (χ0) is 13.4. The fourth-order valence-corrected chi connectivity index (χ4v) is 0.829. The summed E-state index contributed by atoms with van der Waals surface area (Å²) in [6.45, 7) is 4.59. The molecule has 6 nitrogen and oxygen atoms in total. The summed E-state index contributed by atoms with van der Waals surface area (Å²) < 4.78 is 9.16. The SMILES string of the molecule is C=CCOC(=O)[C@H](C)OC(=O)/C(Cl)=C/C(=O)O. The van der Waals surface area contributed by atoms with Gasteiger partial charge >= 0.3 is 17.9 Å². The number of esters is 2. The van der Waals surface area contributed by atoms with E-state index in [1.807, 2.05) is 0 Å². The summed E-state index contributed by atoms with van der Waals surface area (Å²) in [4.78, 5) is 32.5. The number of hydrogen-bond donors (Lipinski definition) is 1. The number of carboxylic acid groups (broad SMARTS) is 1. The van der Waals surface area contributed by atoms with E-state index < -0.39 is 29.0 Å². The second-order valence-electron chi connectivity index (χ2n) is 2.80. The van der Waals surface area contributed by atoms with Crippen molar-refractivity contribution in [2.75, 3.05) is 6.61 Å². The number of hydrogen-bond acceptors (Lipinski definition) is 5. The summed E-state index contributed by atoms with van der Waals surface area (Å²) in [5, 5.41) is 7.68. The summed E-state index contributed by atoms with van der Waals surface area (Å²) in [5.74, 6) is -3.29. The van der Waals surface area contributed by atoms with Crippen molar-refractivity contribution in [3.63, 3.8) is 0 Å². The van der Waals surface area contributed by atoms with E-state index in [2.05, 4.69) is 16.1 Å². The summed E-state index contributed by atoms with van der Waals surface area (Å²) >= 11 is 5.32. The Hall–Kier alpha value is -1.82. The molecule has 17 heavy (non-hydrogen) atoms. The summed E-state index contributed by atoms with van der Waals surface area (Å²) in [6.07, 6.45) is 0.633. The van der Waals surface area contributed by atoms with Gasteiger partial charge in [0.05, 0.1) is 0 Å². The maximum absolute atomic E-state index is 11.2. The van der Waals surface area contributed by atoms with Gasteiger partial charge in [-0.2, -0.15) is 0 Å². The number of ether oxygens (including phenoxy) is 2. The van der Waals surface area contributed by atoms with Crippen LogP contribution in [-0.2, 0) is 23.9 Å². The molecule has 0 aliphatic carbocycles. The van der Waals surface area contributed by atoms with Gasteiger partial charge in [-0.05, 0) is 6.92 Å². The highest BCUT2D eigenvalue weighted by Crippen LogP contribution is 2.07. The number of carbonyl (C=O) groups is 3. The van der Waals surface area contributed by atoms with E-state index in [1.165, 1.54) is 13.0 Å². The molecule has 0 fully saturated rings. The number of aliphatic carboxylic acids is 1. The van der Waals surface area contributed by atoms with E-state index in [0.717, 1.165) is 0 Å². The van der Waals surface area contributed by atoms with Crippen LogP contribution in [0, 0.1) is 0 Å². The molecule has 7 heteroatoms. The highest BCUT2D eigenvalue weighted by Gasteiger charge is 2.21. The van der Waals surface area contributed by atoms with Gasteiger partial charge in [-0.25, -0.2) is 14.4 Å². The van der Waals surface area contributed by atoms with Gasteiger partial charge in [0.1, 0.15) is 11.6 Å². The van der Waals surface area contributed by atoms with Crippen LogP contribution in [0.4, 0.5) is 0 Å². The second-order valence-corrected chi connectivity index (χ2v) is 3.20. The summed E-state index contributed by atoms with van der Waals surface area (Å²) in [7, 11) is 0. The molecule has 1 atom stereocenters. The van der Waals surface area contributed by atoms with Gasteiger partial charge in [0.2, 0.25) is 0 Å². The smallest absolute Gasteiger partial charge is 0.350 e. The van der Waals surface area contributed by atoms with Crippen LogP contribution < -0.4 is 0 Å². The van der Waals surface area contributed by atoms with E-state index in [4.69, 9.17) is 16.7 Å². The quantitative estimate of drug-likeness (QED) is 0.434. The van der Waals surface area contributed by atoms with E-state index in [0.29, 0.717) is 6.08 Å². The zero-order valence-electron chi connectivity index (χ0n) is 9.01. The number of carbonyl (C=O) groups excluding carboxylic acids is 2. The van der Waals surface area contributed by atoms with Crippen molar-refractivity contribution < 1.29 is 29.0 Å². The van der Waals surface area contributed by atoms with Gasteiger partial charge in [0.15, 0.2) is 6.10 Å². The Morgan fingerprint density at radius 3 is 2.53 bits per heavy atom. The molecular weight excluding hydrogens is 252 g/mol. The Morgan fingerprint density at radius 2 is 2.06 bits per heavy atom. The maximum atomic E-state index is 11.2. The fraction of sp³-hybridized carbons (Fsp3) is 0.300. The third-order valence-corrected chi connectivity index (χ3v) is 1.67. The average Bonchev–Trinajstić information content (AvgIpc) is 2.24. The molecule has 0 bridgehead atoms. The number of rotatable bonds is 6. The molecule has 0 aliphatic rings. The fourth-order valence-electron chi connectivity index (χ4n) is 0.691. The third-order valence-electron chi connectivity index (χ3n) is 1.40. The summed E-state index contributed by atoms with van der Waals surface area (Å²) in [5.41, 5.74) is 0. The monoisotopic (exact) mass is 262 g/mol. The molecule has 0 unspecified atom stereocenters. The van der Waals surface area contributed by atoms with E-state index in [9.17, 15) is 14.4 Å². The Balaban J connectivity index is 4.33. The Bertz CT molecular complexity index is 360. The van der Waals surface area contributed by atoms with Crippen molar-refractivity contribution in [3.05, 3.63) is 23.8 Å². The topological polar surface area (TPSA) is 89.9 Å². The molecule has 0 aromatic heterocycles. The lowest BCUT2D eigenvalue weighted by atomic mass is 10.4. The molecule has 0 aliphatic heterocycles. The van der Waals surface area contributed by atoms with E-state index in [1.54, 1.807) is 0 Å². The lowest BCUT2D eigenvalue weighted by Crippen LogP contribution is -2.26. The molecule has 1 N–H and O–H groups in total. The van der Waals surface area contributed by atoms with E-state index >= 15 is 0 Å². The Labute approximate surface area is 102 Å². The molecule has 0 saturated heterocycles. The first kappa shape index (κ1) is 15.2. The highest BCUT2D eigenvalue weighted by molar-refractivity contribution is 6.42. The van der Waals surface area contributed by atoms with Crippen molar-refractivity contribution in [2.24, 2.45) is 0 Å². The average molecular weight is 263 g/mol. The van der Waals surface area contributed by atoms with Crippen molar-refractivity contribution in [3.8, 4) is 0 Å². The largest absolute Gasteiger partial charge is 0.478 e. The van der Waals surface area contributed by atoms with Crippen LogP contribution in [0.5, 0.6) is 0 Å². The van der Waals surface area contributed by atoms with Crippen molar-refractivity contribution in [1.29, 1.82) is 0 Å². The molecule has 0 saturated carbocycles. The Kier molecular flexibility index (Phi) is 6.65. The van der Waals surface area contributed by atoms with Crippen molar-refractivity contribution >= 4 is 29.5 Å². The van der Waals surface area contributed by atoms with Gasteiger partial charge in [0, 0.05) is 6.08 Å². The predicted octanol–water partition coefficient (Wildman–Crippen LogP) is 0.855. The first-order chi connectivity index (χ1) is 7.88. The molecule has 0 rings (SSSR count). The van der Waals surface area contributed by atoms with Crippen molar-refractivity contribution in [1.82, 2.24) is 0 Å².